The Morgan fingerprint density at radius 2 is 1.43 bits per heavy atom. The molecule has 0 radical (unpaired) electrons. The van der Waals surface area contributed by atoms with Crippen molar-refractivity contribution in [2.75, 3.05) is 13.2 Å². The van der Waals surface area contributed by atoms with Crippen molar-refractivity contribution in [1.82, 2.24) is 10.6 Å². The third kappa shape index (κ3) is 11.0. The van der Waals surface area contributed by atoms with Gasteiger partial charge < -0.3 is 20.1 Å². The number of amides is 2. The summed E-state index contributed by atoms with van der Waals surface area (Å²) in [4.78, 5) is 25.4. The van der Waals surface area contributed by atoms with Gasteiger partial charge in [-0.1, -0.05) is 96.8 Å². The number of esters is 1. The van der Waals surface area contributed by atoms with E-state index in [1.54, 1.807) is 6.92 Å². The molecule has 0 saturated heterocycles. The van der Waals surface area contributed by atoms with Gasteiger partial charge in [-0.15, -0.1) is 0 Å². The first-order valence-electron chi connectivity index (χ1n) is 15.6. The summed E-state index contributed by atoms with van der Waals surface area (Å²) in [6, 6.07) is -0.604. The van der Waals surface area contributed by atoms with Crippen LogP contribution in [0.4, 0.5) is 4.79 Å². The molecule has 6 nitrogen and oxygen atoms in total. The normalized spacial score (nSPS) is 24.1. The number of carbonyl (C=O) groups is 2. The highest BCUT2D eigenvalue weighted by atomic mass is 16.5. The Bertz CT molecular complexity index is 691. The van der Waals surface area contributed by atoms with Crippen LogP contribution in [0, 0.1) is 11.8 Å². The Kier molecular flexibility index (Phi) is 16.0. The van der Waals surface area contributed by atoms with Gasteiger partial charge in [-0.05, 0) is 46.0 Å². The summed E-state index contributed by atoms with van der Waals surface area (Å²) in [5, 5.41) is 5.87. The second-order valence-corrected chi connectivity index (χ2v) is 11.1. The third-order valence-electron chi connectivity index (χ3n) is 8.28. The van der Waals surface area contributed by atoms with Gasteiger partial charge >= 0.3 is 12.0 Å². The highest BCUT2D eigenvalue weighted by Gasteiger charge is 2.45. The van der Waals surface area contributed by atoms with E-state index in [9.17, 15) is 9.59 Å². The first-order valence-corrected chi connectivity index (χ1v) is 15.6. The average molecular weight is 521 g/mol. The molecule has 0 aromatic heterocycles. The van der Waals surface area contributed by atoms with Crippen LogP contribution >= 0.6 is 0 Å². The van der Waals surface area contributed by atoms with E-state index < -0.39 is 0 Å². The SMILES string of the molecule is CCCCCCCCCCCCCCCC1CCCC(OCC)C1C1NC(=O)NC(C)=C1C(=O)OCC. The molecule has 37 heavy (non-hydrogen) atoms. The Labute approximate surface area is 227 Å². The summed E-state index contributed by atoms with van der Waals surface area (Å²) in [6.07, 6.45) is 22.0. The van der Waals surface area contributed by atoms with Crippen LogP contribution in [-0.2, 0) is 14.3 Å². The second kappa shape index (κ2) is 18.7. The summed E-state index contributed by atoms with van der Waals surface area (Å²) < 4.78 is 11.6. The quantitative estimate of drug-likeness (QED) is 0.134. The first kappa shape index (κ1) is 31.7. The Morgan fingerprint density at radius 1 is 0.838 bits per heavy atom. The van der Waals surface area contributed by atoms with E-state index in [0.29, 0.717) is 30.4 Å². The molecule has 0 spiro atoms. The highest BCUT2D eigenvalue weighted by molar-refractivity contribution is 5.94. The van der Waals surface area contributed by atoms with Crippen molar-refractivity contribution in [3.8, 4) is 0 Å². The van der Waals surface area contributed by atoms with Crippen molar-refractivity contribution in [1.29, 1.82) is 0 Å². The Balaban J connectivity index is 1.85. The van der Waals surface area contributed by atoms with Crippen LogP contribution in [-0.4, -0.2) is 37.4 Å². The molecule has 214 valence electrons. The van der Waals surface area contributed by atoms with E-state index in [1.165, 1.54) is 83.5 Å². The molecular formula is C31H56N2O4. The molecule has 1 fully saturated rings. The lowest BCUT2D eigenvalue weighted by Crippen LogP contribution is -2.57. The molecule has 4 unspecified atom stereocenters. The lowest BCUT2D eigenvalue weighted by Gasteiger charge is -2.44. The van der Waals surface area contributed by atoms with E-state index in [1.807, 2.05) is 13.8 Å². The maximum Gasteiger partial charge on any atom is 0.337 e. The van der Waals surface area contributed by atoms with E-state index >= 15 is 0 Å². The zero-order chi connectivity index (χ0) is 26.9. The van der Waals surface area contributed by atoms with Crippen LogP contribution in [0.2, 0.25) is 0 Å². The van der Waals surface area contributed by atoms with Crippen LogP contribution in [0.5, 0.6) is 0 Å². The molecule has 2 amide bonds. The third-order valence-corrected chi connectivity index (χ3v) is 8.28. The molecule has 2 N–H and O–H groups in total. The van der Waals surface area contributed by atoms with Gasteiger partial charge in [0.2, 0.25) is 0 Å². The maximum absolute atomic E-state index is 12.9. The molecule has 1 heterocycles. The smallest absolute Gasteiger partial charge is 0.337 e. The molecule has 1 aliphatic heterocycles. The zero-order valence-corrected chi connectivity index (χ0v) is 24.4. The topological polar surface area (TPSA) is 76.7 Å². The minimum atomic E-state index is -0.364. The maximum atomic E-state index is 12.9. The van der Waals surface area contributed by atoms with Gasteiger partial charge in [0, 0.05) is 18.2 Å². The molecule has 0 aromatic carbocycles. The average Bonchev–Trinajstić information content (AvgIpc) is 2.86. The minimum absolute atomic E-state index is 0.0475. The van der Waals surface area contributed by atoms with Crippen molar-refractivity contribution in [3.63, 3.8) is 0 Å². The fourth-order valence-electron chi connectivity index (χ4n) is 6.42. The second-order valence-electron chi connectivity index (χ2n) is 11.1. The molecule has 1 aliphatic carbocycles. The number of unbranched alkanes of at least 4 members (excludes halogenated alkanes) is 12. The van der Waals surface area contributed by atoms with Gasteiger partial charge in [0.1, 0.15) is 0 Å². The van der Waals surface area contributed by atoms with Crippen molar-refractivity contribution in [2.45, 2.75) is 149 Å². The first-order chi connectivity index (χ1) is 18.0. The van der Waals surface area contributed by atoms with Crippen molar-refractivity contribution < 1.29 is 19.1 Å². The minimum Gasteiger partial charge on any atom is -0.463 e. The largest absolute Gasteiger partial charge is 0.463 e. The van der Waals surface area contributed by atoms with Crippen LogP contribution in [0.3, 0.4) is 0 Å². The molecule has 6 heteroatoms. The Morgan fingerprint density at radius 3 is 2.00 bits per heavy atom. The summed E-state index contributed by atoms with van der Waals surface area (Å²) in [5.74, 6) is 0.183. The van der Waals surface area contributed by atoms with Gasteiger partial charge in [-0.25, -0.2) is 9.59 Å². The molecular weight excluding hydrogens is 464 g/mol. The molecule has 2 aliphatic rings. The van der Waals surface area contributed by atoms with Crippen LogP contribution in [0.1, 0.15) is 137 Å². The number of ether oxygens (including phenoxy) is 2. The van der Waals surface area contributed by atoms with Gasteiger partial charge in [0.15, 0.2) is 0 Å². The number of urea groups is 1. The van der Waals surface area contributed by atoms with Gasteiger partial charge in [0.25, 0.3) is 0 Å². The van der Waals surface area contributed by atoms with Gasteiger partial charge in [-0.3, -0.25) is 0 Å². The number of hydrogen-bond donors (Lipinski definition) is 2. The Hall–Kier alpha value is -1.56. The fraction of sp³-hybridized carbons (Fsp3) is 0.871. The number of hydrogen-bond acceptors (Lipinski definition) is 4. The van der Waals surface area contributed by atoms with E-state index in [-0.39, 0.29) is 30.1 Å². The zero-order valence-electron chi connectivity index (χ0n) is 24.4. The summed E-state index contributed by atoms with van der Waals surface area (Å²) in [7, 11) is 0. The molecule has 4 atom stereocenters. The summed E-state index contributed by atoms with van der Waals surface area (Å²) >= 11 is 0. The molecule has 0 bridgehead atoms. The van der Waals surface area contributed by atoms with E-state index in [4.69, 9.17) is 9.47 Å². The van der Waals surface area contributed by atoms with Crippen molar-refractivity contribution >= 4 is 12.0 Å². The predicted octanol–water partition coefficient (Wildman–Crippen LogP) is 7.81. The summed E-state index contributed by atoms with van der Waals surface area (Å²) in [5.41, 5.74) is 1.17. The number of rotatable bonds is 19. The number of carbonyl (C=O) groups excluding carboxylic acids is 2. The van der Waals surface area contributed by atoms with E-state index in [2.05, 4.69) is 17.6 Å². The monoisotopic (exact) mass is 520 g/mol. The standard InChI is InChI=1S/C31H56N2O4/c1-5-8-9-10-11-12-13-14-15-16-17-18-19-21-25-22-20-23-26(36-6-2)28(25)29-27(30(34)37-7-3)24(4)32-31(35)33-29/h25-26,28-29H,5-23H2,1-4H3,(H2,32,33,35). The van der Waals surface area contributed by atoms with Crippen LogP contribution < -0.4 is 10.6 Å². The van der Waals surface area contributed by atoms with Crippen molar-refractivity contribution in [3.05, 3.63) is 11.3 Å². The van der Waals surface area contributed by atoms with Crippen LogP contribution in [0.15, 0.2) is 11.3 Å². The van der Waals surface area contributed by atoms with E-state index in [0.717, 1.165) is 25.7 Å². The number of allylic oxidation sites excluding steroid dienone is 1. The molecule has 1 saturated carbocycles. The summed E-state index contributed by atoms with van der Waals surface area (Å²) in [6.45, 7) is 8.89. The highest BCUT2D eigenvalue weighted by Crippen LogP contribution is 2.40. The van der Waals surface area contributed by atoms with Crippen LogP contribution in [0.25, 0.3) is 0 Å². The number of nitrogens with one attached hydrogen (secondary N) is 2. The molecule has 0 aromatic rings. The van der Waals surface area contributed by atoms with Crippen molar-refractivity contribution in [2.24, 2.45) is 11.8 Å². The fourth-order valence-corrected chi connectivity index (χ4v) is 6.42. The van der Waals surface area contributed by atoms with Gasteiger partial charge in [0.05, 0.1) is 24.3 Å². The lowest BCUT2D eigenvalue weighted by molar-refractivity contribution is -0.139. The lowest BCUT2D eigenvalue weighted by atomic mass is 9.69. The van der Waals surface area contributed by atoms with Gasteiger partial charge in [-0.2, -0.15) is 0 Å². The molecule has 2 rings (SSSR count). The predicted molar refractivity (Wildman–Crippen MR) is 151 cm³/mol.